The molecule has 0 bridgehead atoms. The van der Waals surface area contributed by atoms with Crippen LogP contribution in [0.15, 0.2) is 6.33 Å². The van der Waals surface area contributed by atoms with E-state index in [1.54, 1.807) is 0 Å². The second-order valence-electron chi connectivity index (χ2n) is 5.32. The second-order valence-corrected chi connectivity index (χ2v) is 5.32. The van der Waals surface area contributed by atoms with Crippen LogP contribution in [0.2, 0.25) is 0 Å². The van der Waals surface area contributed by atoms with Gasteiger partial charge in [0.05, 0.1) is 6.10 Å². The summed E-state index contributed by atoms with van der Waals surface area (Å²) in [6.07, 6.45) is 8.08. The van der Waals surface area contributed by atoms with Gasteiger partial charge in [-0.15, -0.1) is 10.2 Å². The van der Waals surface area contributed by atoms with Crippen LogP contribution in [0, 0.1) is 5.92 Å². The first-order valence-electron chi connectivity index (χ1n) is 6.74. The molecule has 0 radical (unpaired) electrons. The molecule has 0 N–H and O–H groups in total. The van der Waals surface area contributed by atoms with Crippen molar-refractivity contribution in [3.05, 3.63) is 12.2 Å². The van der Waals surface area contributed by atoms with Gasteiger partial charge in [0.2, 0.25) is 0 Å². The number of rotatable bonds is 5. The number of ether oxygens (including phenoxy) is 1. The van der Waals surface area contributed by atoms with E-state index in [0.717, 1.165) is 31.8 Å². The van der Waals surface area contributed by atoms with Crippen molar-refractivity contribution in [2.24, 2.45) is 5.92 Å². The third kappa shape index (κ3) is 3.80. The molecule has 1 saturated heterocycles. The summed E-state index contributed by atoms with van der Waals surface area (Å²) in [7, 11) is 0. The maximum Gasteiger partial charge on any atom is 0.132 e. The Morgan fingerprint density at radius 3 is 3.06 bits per heavy atom. The smallest absolute Gasteiger partial charge is 0.132 e. The summed E-state index contributed by atoms with van der Waals surface area (Å²) >= 11 is 0. The first kappa shape index (κ1) is 12.6. The van der Waals surface area contributed by atoms with Crippen LogP contribution < -0.4 is 0 Å². The van der Waals surface area contributed by atoms with Crippen molar-refractivity contribution in [2.75, 3.05) is 6.61 Å². The predicted octanol–water partition coefficient (Wildman–Crippen LogP) is 2.44. The van der Waals surface area contributed by atoms with Gasteiger partial charge in [0.1, 0.15) is 12.2 Å². The molecule has 0 amide bonds. The fraction of sp³-hybridized carbons (Fsp3) is 0.846. The zero-order valence-electron chi connectivity index (χ0n) is 10.9. The van der Waals surface area contributed by atoms with Gasteiger partial charge in [0, 0.05) is 19.6 Å². The van der Waals surface area contributed by atoms with Crippen molar-refractivity contribution in [1.82, 2.24) is 14.8 Å². The van der Waals surface area contributed by atoms with Crippen molar-refractivity contribution in [2.45, 2.75) is 58.6 Å². The Balaban J connectivity index is 1.83. The molecule has 1 aliphatic rings. The van der Waals surface area contributed by atoms with Gasteiger partial charge in [0.15, 0.2) is 0 Å². The van der Waals surface area contributed by atoms with E-state index in [4.69, 9.17) is 4.74 Å². The molecular weight excluding hydrogens is 214 g/mol. The number of aromatic nitrogens is 3. The van der Waals surface area contributed by atoms with Crippen LogP contribution in [0.25, 0.3) is 0 Å². The average molecular weight is 237 g/mol. The molecule has 17 heavy (non-hydrogen) atoms. The van der Waals surface area contributed by atoms with Gasteiger partial charge in [-0.25, -0.2) is 0 Å². The van der Waals surface area contributed by atoms with Crippen LogP contribution in [0.1, 0.15) is 45.4 Å². The predicted molar refractivity (Wildman–Crippen MR) is 66.8 cm³/mol. The molecule has 2 rings (SSSR count). The SMILES string of the molecule is CC(C)Cn1cnnc1CCC1CCCCO1. The van der Waals surface area contributed by atoms with Gasteiger partial charge in [-0.3, -0.25) is 0 Å². The topological polar surface area (TPSA) is 39.9 Å². The summed E-state index contributed by atoms with van der Waals surface area (Å²) in [6, 6.07) is 0. The lowest BCUT2D eigenvalue weighted by Gasteiger charge is -2.22. The van der Waals surface area contributed by atoms with Crippen LogP contribution in [0.4, 0.5) is 0 Å². The molecular formula is C13H23N3O. The monoisotopic (exact) mass is 237 g/mol. The summed E-state index contributed by atoms with van der Waals surface area (Å²) in [4.78, 5) is 0. The first-order chi connectivity index (χ1) is 8.25. The Hall–Kier alpha value is -0.900. The lowest BCUT2D eigenvalue weighted by atomic mass is 10.0. The van der Waals surface area contributed by atoms with Gasteiger partial charge in [-0.1, -0.05) is 13.8 Å². The van der Waals surface area contributed by atoms with Gasteiger partial charge < -0.3 is 9.30 Å². The first-order valence-corrected chi connectivity index (χ1v) is 6.74. The molecule has 0 aromatic carbocycles. The summed E-state index contributed by atoms with van der Waals surface area (Å²) in [5.41, 5.74) is 0. The lowest BCUT2D eigenvalue weighted by molar-refractivity contribution is 0.0111. The van der Waals surface area contributed by atoms with E-state index in [0.29, 0.717) is 12.0 Å². The van der Waals surface area contributed by atoms with Gasteiger partial charge in [-0.05, 0) is 31.6 Å². The molecule has 4 heteroatoms. The van der Waals surface area contributed by atoms with Gasteiger partial charge in [0.25, 0.3) is 0 Å². The maximum absolute atomic E-state index is 5.74. The molecule has 0 aliphatic carbocycles. The highest BCUT2D eigenvalue weighted by molar-refractivity contribution is 4.87. The highest BCUT2D eigenvalue weighted by Crippen LogP contribution is 2.17. The molecule has 1 aromatic heterocycles. The summed E-state index contributed by atoms with van der Waals surface area (Å²) < 4.78 is 7.91. The Labute approximate surface area is 103 Å². The van der Waals surface area contributed by atoms with Crippen molar-refractivity contribution in [3.63, 3.8) is 0 Å². The Morgan fingerprint density at radius 2 is 2.35 bits per heavy atom. The van der Waals surface area contributed by atoms with Crippen LogP contribution in [0.5, 0.6) is 0 Å². The number of nitrogens with zero attached hydrogens (tertiary/aromatic N) is 3. The Bertz CT molecular complexity index is 329. The highest BCUT2D eigenvalue weighted by atomic mass is 16.5. The summed E-state index contributed by atoms with van der Waals surface area (Å²) in [5.74, 6) is 1.74. The molecule has 1 aliphatic heterocycles. The van der Waals surface area contributed by atoms with Crippen molar-refractivity contribution in [1.29, 1.82) is 0 Å². The number of hydrogen-bond acceptors (Lipinski definition) is 3. The fourth-order valence-electron chi connectivity index (χ4n) is 2.34. The van der Waals surface area contributed by atoms with Crippen LogP contribution >= 0.6 is 0 Å². The number of hydrogen-bond donors (Lipinski definition) is 0. The van der Waals surface area contributed by atoms with Crippen molar-refractivity contribution >= 4 is 0 Å². The molecule has 4 nitrogen and oxygen atoms in total. The minimum absolute atomic E-state index is 0.438. The van der Waals surface area contributed by atoms with Crippen molar-refractivity contribution < 1.29 is 4.74 Å². The van der Waals surface area contributed by atoms with E-state index in [-0.39, 0.29) is 0 Å². The molecule has 1 fully saturated rings. The van der Waals surface area contributed by atoms with E-state index in [1.807, 2.05) is 6.33 Å². The van der Waals surface area contributed by atoms with Gasteiger partial charge in [-0.2, -0.15) is 0 Å². The zero-order valence-corrected chi connectivity index (χ0v) is 10.9. The molecule has 96 valence electrons. The minimum atomic E-state index is 0.438. The van der Waals surface area contributed by atoms with Crippen LogP contribution in [-0.2, 0) is 17.7 Å². The molecule has 1 unspecified atom stereocenters. The molecule has 0 saturated carbocycles. The van der Waals surface area contributed by atoms with E-state index in [2.05, 4.69) is 28.6 Å². The van der Waals surface area contributed by atoms with E-state index in [9.17, 15) is 0 Å². The van der Waals surface area contributed by atoms with E-state index >= 15 is 0 Å². The molecule has 1 aromatic rings. The van der Waals surface area contributed by atoms with Crippen LogP contribution in [-0.4, -0.2) is 27.5 Å². The minimum Gasteiger partial charge on any atom is -0.378 e. The average Bonchev–Trinajstić information content (AvgIpc) is 2.74. The highest BCUT2D eigenvalue weighted by Gasteiger charge is 2.15. The summed E-state index contributed by atoms with van der Waals surface area (Å²) in [5, 5.41) is 8.22. The lowest BCUT2D eigenvalue weighted by Crippen LogP contribution is -2.20. The number of aryl methyl sites for hydroxylation is 1. The third-order valence-corrected chi connectivity index (χ3v) is 3.22. The van der Waals surface area contributed by atoms with Crippen molar-refractivity contribution in [3.8, 4) is 0 Å². The fourth-order valence-corrected chi connectivity index (χ4v) is 2.34. The van der Waals surface area contributed by atoms with E-state index in [1.165, 1.54) is 19.3 Å². The molecule has 0 spiro atoms. The summed E-state index contributed by atoms with van der Waals surface area (Å²) in [6.45, 7) is 6.37. The quantitative estimate of drug-likeness (QED) is 0.789. The third-order valence-electron chi connectivity index (χ3n) is 3.22. The largest absolute Gasteiger partial charge is 0.378 e. The normalized spacial score (nSPS) is 21.0. The molecule has 1 atom stereocenters. The second kappa shape index (κ2) is 6.15. The van der Waals surface area contributed by atoms with Gasteiger partial charge >= 0.3 is 0 Å². The Kier molecular flexibility index (Phi) is 4.54. The van der Waals surface area contributed by atoms with Crippen LogP contribution in [0.3, 0.4) is 0 Å². The maximum atomic E-state index is 5.74. The zero-order chi connectivity index (χ0) is 12.1. The standard InChI is InChI=1S/C13H23N3O/c1-11(2)9-16-10-14-15-13(16)7-6-12-5-3-4-8-17-12/h10-12H,3-9H2,1-2H3. The van der Waals surface area contributed by atoms with E-state index < -0.39 is 0 Å². The Morgan fingerprint density at radius 1 is 1.47 bits per heavy atom. The molecule has 2 heterocycles.